The van der Waals surface area contributed by atoms with Crippen molar-refractivity contribution in [3.05, 3.63) is 78.5 Å². The molecule has 0 radical (unpaired) electrons. The first-order chi connectivity index (χ1) is 10.1. The van der Waals surface area contributed by atoms with Gasteiger partial charge in [0.15, 0.2) is 0 Å². The first kappa shape index (κ1) is 13.6. The highest BCUT2D eigenvalue weighted by atomic mass is 32.2. The van der Waals surface area contributed by atoms with Crippen LogP contribution in [-0.2, 0) is 10.0 Å². The molecule has 0 atom stereocenters. The van der Waals surface area contributed by atoms with Crippen molar-refractivity contribution in [1.29, 1.82) is 0 Å². The van der Waals surface area contributed by atoms with Crippen LogP contribution >= 0.6 is 0 Å². The van der Waals surface area contributed by atoms with E-state index in [1.165, 1.54) is 3.97 Å². The monoisotopic (exact) mass is 297 g/mol. The lowest BCUT2D eigenvalue weighted by atomic mass is 10.1. The molecular weight excluding hydrogens is 282 g/mol. The van der Waals surface area contributed by atoms with Crippen molar-refractivity contribution in [2.75, 3.05) is 0 Å². The highest BCUT2D eigenvalue weighted by molar-refractivity contribution is 7.90. The van der Waals surface area contributed by atoms with E-state index in [9.17, 15) is 8.42 Å². The van der Waals surface area contributed by atoms with Gasteiger partial charge in [-0.3, -0.25) is 0 Å². The van der Waals surface area contributed by atoms with Crippen LogP contribution in [0.5, 0.6) is 0 Å². The smallest absolute Gasteiger partial charge is 0.241 e. The lowest BCUT2D eigenvalue weighted by molar-refractivity contribution is 0.588. The number of aromatic nitrogens is 1. The molecule has 0 bridgehead atoms. The third-order valence-electron chi connectivity index (χ3n) is 3.40. The van der Waals surface area contributed by atoms with Crippen molar-refractivity contribution in [1.82, 2.24) is 3.97 Å². The van der Waals surface area contributed by atoms with Crippen LogP contribution in [0.4, 0.5) is 0 Å². The third-order valence-corrected chi connectivity index (χ3v) is 5.09. The maximum Gasteiger partial charge on any atom is 0.268 e. The Morgan fingerprint density at radius 3 is 2.00 bits per heavy atom. The molecule has 21 heavy (non-hydrogen) atoms. The Kier molecular flexibility index (Phi) is 3.39. The van der Waals surface area contributed by atoms with Crippen LogP contribution in [0.25, 0.3) is 11.3 Å². The van der Waals surface area contributed by atoms with E-state index in [4.69, 9.17) is 0 Å². The summed E-state index contributed by atoms with van der Waals surface area (Å²) >= 11 is 0. The number of aryl methyl sites for hydroxylation is 1. The molecule has 1 heterocycles. The number of nitrogens with zero attached hydrogens (tertiary/aromatic N) is 1. The molecular formula is C17H15NO2S. The zero-order valence-corrected chi connectivity index (χ0v) is 12.4. The molecule has 0 aliphatic heterocycles. The molecule has 4 heteroatoms. The first-order valence-corrected chi connectivity index (χ1v) is 8.09. The van der Waals surface area contributed by atoms with Crippen molar-refractivity contribution >= 4 is 10.0 Å². The molecule has 0 aliphatic carbocycles. The summed E-state index contributed by atoms with van der Waals surface area (Å²) in [7, 11) is -3.58. The maximum absolute atomic E-state index is 12.8. The first-order valence-electron chi connectivity index (χ1n) is 6.65. The number of hydrogen-bond acceptors (Lipinski definition) is 2. The SMILES string of the molecule is Cc1ccn(S(=O)(=O)c2ccccc2)c1-c1ccccc1. The van der Waals surface area contributed by atoms with Gasteiger partial charge >= 0.3 is 0 Å². The van der Waals surface area contributed by atoms with E-state index in [-0.39, 0.29) is 4.90 Å². The van der Waals surface area contributed by atoms with Gasteiger partial charge in [0.2, 0.25) is 0 Å². The van der Waals surface area contributed by atoms with E-state index in [1.807, 2.05) is 43.3 Å². The Balaban J connectivity index is 2.22. The molecule has 0 N–H and O–H groups in total. The van der Waals surface area contributed by atoms with Crippen LogP contribution in [0.3, 0.4) is 0 Å². The van der Waals surface area contributed by atoms with Gasteiger partial charge in [0.25, 0.3) is 10.0 Å². The molecule has 3 nitrogen and oxygen atoms in total. The average Bonchev–Trinajstić information content (AvgIpc) is 2.91. The summed E-state index contributed by atoms with van der Waals surface area (Å²) in [5, 5.41) is 0. The topological polar surface area (TPSA) is 39.1 Å². The highest BCUT2D eigenvalue weighted by Crippen LogP contribution is 2.28. The van der Waals surface area contributed by atoms with Crippen LogP contribution < -0.4 is 0 Å². The van der Waals surface area contributed by atoms with Gasteiger partial charge in [0, 0.05) is 6.20 Å². The van der Waals surface area contributed by atoms with E-state index >= 15 is 0 Å². The largest absolute Gasteiger partial charge is 0.268 e. The van der Waals surface area contributed by atoms with Gasteiger partial charge in [0.1, 0.15) is 0 Å². The van der Waals surface area contributed by atoms with Gasteiger partial charge in [-0.1, -0.05) is 48.5 Å². The summed E-state index contributed by atoms with van der Waals surface area (Å²) in [5.74, 6) is 0. The van der Waals surface area contributed by atoms with Crippen LogP contribution in [-0.4, -0.2) is 12.4 Å². The normalized spacial score (nSPS) is 11.5. The minimum Gasteiger partial charge on any atom is -0.241 e. The van der Waals surface area contributed by atoms with Gasteiger partial charge < -0.3 is 0 Å². The van der Waals surface area contributed by atoms with Gasteiger partial charge in [-0.2, -0.15) is 0 Å². The number of rotatable bonds is 3. The van der Waals surface area contributed by atoms with Crippen LogP contribution in [0.15, 0.2) is 77.8 Å². The molecule has 1 aromatic heterocycles. The molecule has 106 valence electrons. The van der Waals surface area contributed by atoms with E-state index in [0.29, 0.717) is 5.69 Å². The summed E-state index contributed by atoms with van der Waals surface area (Å²) in [4.78, 5) is 0.290. The molecule has 0 saturated carbocycles. The third kappa shape index (κ3) is 2.38. The fourth-order valence-electron chi connectivity index (χ4n) is 2.36. The van der Waals surface area contributed by atoms with Crippen molar-refractivity contribution in [2.45, 2.75) is 11.8 Å². The lowest BCUT2D eigenvalue weighted by Gasteiger charge is -2.11. The highest BCUT2D eigenvalue weighted by Gasteiger charge is 2.21. The molecule has 0 unspecified atom stereocenters. The van der Waals surface area contributed by atoms with Gasteiger partial charge in [-0.15, -0.1) is 0 Å². The van der Waals surface area contributed by atoms with E-state index in [1.54, 1.807) is 36.5 Å². The van der Waals surface area contributed by atoms with E-state index < -0.39 is 10.0 Å². The minimum absolute atomic E-state index is 0.290. The average molecular weight is 297 g/mol. The Hall–Kier alpha value is -2.33. The minimum atomic E-state index is -3.58. The fourth-order valence-corrected chi connectivity index (χ4v) is 3.80. The molecule has 3 rings (SSSR count). The second-order valence-corrected chi connectivity index (χ2v) is 6.64. The Morgan fingerprint density at radius 1 is 0.810 bits per heavy atom. The Labute approximate surface area is 124 Å². The van der Waals surface area contributed by atoms with Gasteiger partial charge in [-0.25, -0.2) is 12.4 Å². The summed E-state index contributed by atoms with van der Waals surface area (Å²) in [5.41, 5.74) is 2.53. The second-order valence-electron chi connectivity index (χ2n) is 4.83. The predicted molar refractivity (Wildman–Crippen MR) is 83.6 cm³/mol. The standard InChI is InChI=1S/C17H15NO2S/c1-14-12-13-18(17(14)15-8-4-2-5-9-15)21(19,20)16-10-6-3-7-11-16/h2-13H,1H3. The van der Waals surface area contributed by atoms with E-state index in [2.05, 4.69) is 0 Å². The van der Waals surface area contributed by atoms with E-state index in [0.717, 1.165) is 11.1 Å². The molecule has 0 spiro atoms. The molecule has 0 aliphatic rings. The molecule has 0 saturated heterocycles. The van der Waals surface area contributed by atoms with Gasteiger partial charge in [0.05, 0.1) is 10.6 Å². The zero-order valence-electron chi connectivity index (χ0n) is 11.6. The molecule has 0 fully saturated rings. The summed E-state index contributed by atoms with van der Waals surface area (Å²) in [6.45, 7) is 1.92. The Morgan fingerprint density at radius 2 is 1.38 bits per heavy atom. The fraction of sp³-hybridized carbons (Fsp3) is 0.0588. The zero-order chi connectivity index (χ0) is 14.9. The molecule has 2 aromatic carbocycles. The lowest BCUT2D eigenvalue weighted by Crippen LogP contribution is -2.13. The molecule has 0 amide bonds. The summed E-state index contributed by atoms with van der Waals surface area (Å²) in [6, 6.07) is 19.9. The Bertz CT molecular complexity index is 850. The number of hydrogen-bond donors (Lipinski definition) is 0. The summed E-state index contributed by atoms with van der Waals surface area (Å²) < 4.78 is 27.0. The summed E-state index contributed by atoms with van der Waals surface area (Å²) in [6.07, 6.45) is 1.61. The molecule has 3 aromatic rings. The second kappa shape index (κ2) is 5.22. The van der Waals surface area contributed by atoms with Crippen molar-refractivity contribution < 1.29 is 8.42 Å². The predicted octanol–water partition coefficient (Wildman–Crippen LogP) is 3.70. The van der Waals surface area contributed by atoms with Crippen molar-refractivity contribution in [3.63, 3.8) is 0 Å². The number of benzene rings is 2. The van der Waals surface area contributed by atoms with Crippen LogP contribution in [0.1, 0.15) is 5.56 Å². The van der Waals surface area contributed by atoms with Crippen molar-refractivity contribution in [3.8, 4) is 11.3 Å². The van der Waals surface area contributed by atoms with Gasteiger partial charge in [-0.05, 0) is 36.2 Å². The van der Waals surface area contributed by atoms with Crippen molar-refractivity contribution in [2.24, 2.45) is 0 Å². The van der Waals surface area contributed by atoms with Crippen LogP contribution in [0.2, 0.25) is 0 Å². The van der Waals surface area contributed by atoms with Crippen LogP contribution in [0, 0.1) is 6.92 Å². The maximum atomic E-state index is 12.8. The quantitative estimate of drug-likeness (QED) is 0.739.